The van der Waals surface area contributed by atoms with Crippen LogP contribution in [-0.2, 0) is 6.54 Å². The van der Waals surface area contributed by atoms with Crippen molar-refractivity contribution < 1.29 is 9.18 Å². The highest BCUT2D eigenvalue weighted by atomic mass is 19.1. The summed E-state index contributed by atoms with van der Waals surface area (Å²) in [6.07, 6.45) is 0. The largest absolute Gasteiger partial charge is 0.352 e. The molecule has 4 heteroatoms. The summed E-state index contributed by atoms with van der Waals surface area (Å²) >= 11 is 0. The Morgan fingerprint density at radius 2 is 2.31 bits per heavy atom. The molecule has 2 amide bonds. The van der Waals surface area contributed by atoms with E-state index in [1.54, 1.807) is 19.1 Å². The van der Waals surface area contributed by atoms with Crippen LogP contribution >= 0.6 is 0 Å². The standard InChI is InChI=1S/C9H11FN2O/c1-6-2-3-7(4-8(6)10)5-12-9(11)13/h2-4H,5H2,1H3,(H3,11,12,13). The molecule has 13 heavy (non-hydrogen) atoms. The summed E-state index contributed by atoms with van der Waals surface area (Å²) < 4.78 is 13.0. The Labute approximate surface area is 75.7 Å². The number of hydrogen-bond donors (Lipinski definition) is 2. The summed E-state index contributed by atoms with van der Waals surface area (Å²) in [6, 6.07) is 4.17. The smallest absolute Gasteiger partial charge is 0.312 e. The topological polar surface area (TPSA) is 55.1 Å². The molecule has 0 saturated carbocycles. The van der Waals surface area contributed by atoms with Gasteiger partial charge in [-0.25, -0.2) is 9.18 Å². The van der Waals surface area contributed by atoms with Gasteiger partial charge in [0, 0.05) is 6.54 Å². The van der Waals surface area contributed by atoms with Crippen LogP contribution in [-0.4, -0.2) is 6.03 Å². The highest BCUT2D eigenvalue weighted by Gasteiger charge is 1.99. The average Bonchev–Trinajstić information content (AvgIpc) is 2.07. The Morgan fingerprint density at radius 1 is 1.62 bits per heavy atom. The second kappa shape index (κ2) is 3.89. The van der Waals surface area contributed by atoms with Crippen LogP contribution in [0.15, 0.2) is 18.2 Å². The molecule has 0 bridgehead atoms. The maximum absolute atomic E-state index is 13.0. The summed E-state index contributed by atoms with van der Waals surface area (Å²) in [4.78, 5) is 10.3. The van der Waals surface area contributed by atoms with Gasteiger partial charge in [-0.2, -0.15) is 0 Å². The highest BCUT2D eigenvalue weighted by Crippen LogP contribution is 2.08. The van der Waals surface area contributed by atoms with Gasteiger partial charge in [-0.3, -0.25) is 0 Å². The Kier molecular flexibility index (Phi) is 2.84. The number of benzene rings is 1. The monoisotopic (exact) mass is 182 g/mol. The number of halogens is 1. The first-order valence-electron chi connectivity index (χ1n) is 3.88. The van der Waals surface area contributed by atoms with Crippen molar-refractivity contribution >= 4 is 6.03 Å². The lowest BCUT2D eigenvalue weighted by Crippen LogP contribution is -2.28. The molecule has 0 aromatic heterocycles. The van der Waals surface area contributed by atoms with E-state index >= 15 is 0 Å². The average molecular weight is 182 g/mol. The molecule has 0 saturated heterocycles. The van der Waals surface area contributed by atoms with E-state index in [1.807, 2.05) is 0 Å². The minimum absolute atomic E-state index is 0.256. The summed E-state index contributed by atoms with van der Waals surface area (Å²) in [6.45, 7) is 1.94. The lowest BCUT2D eigenvalue weighted by atomic mass is 10.1. The van der Waals surface area contributed by atoms with Crippen LogP contribution < -0.4 is 11.1 Å². The van der Waals surface area contributed by atoms with E-state index in [9.17, 15) is 9.18 Å². The number of carbonyl (C=O) groups excluding carboxylic acids is 1. The van der Waals surface area contributed by atoms with Crippen molar-refractivity contribution in [2.45, 2.75) is 13.5 Å². The lowest BCUT2D eigenvalue weighted by Gasteiger charge is -2.03. The van der Waals surface area contributed by atoms with Crippen LogP contribution in [0.3, 0.4) is 0 Å². The predicted octanol–water partition coefficient (Wildman–Crippen LogP) is 1.30. The van der Waals surface area contributed by atoms with Gasteiger partial charge in [0.15, 0.2) is 0 Å². The molecule has 0 spiro atoms. The van der Waals surface area contributed by atoms with E-state index in [4.69, 9.17) is 5.73 Å². The van der Waals surface area contributed by atoms with Crippen molar-refractivity contribution in [3.05, 3.63) is 35.1 Å². The molecule has 0 heterocycles. The van der Waals surface area contributed by atoms with Crippen molar-refractivity contribution in [1.82, 2.24) is 5.32 Å². The molecule has 0 radical (unpaired) electrons. The molecule has 1 aromatic rings. The van der Waals surface area contributed by atoms with Gasteiger partial charge in [0.1, 0.15) is 5.82 Å². The van der Waals surface area contributed by atoms with E-state index < -0.39 is 6.03 Å². The van der Waals surface area contributed by atoms with Crippen molar-refractivity contribution in [2.24, 2.45) is 5.73 Å². The minimum atomic E-state index is -0.610. The zero-order valence-electron chi connectivity index (χ0n) is 7.30. The third kappa shape index (κ3) is 2.74. The fraction of sp³-hybridized carbons (Fsp3) is 0.222. The van der Waals surface area contributed by atoms with Crippen LogP contribution in [0.1, 0.15) is 11.1 Å². The number of nitrogens with one attached hydrogen (secondary N) is 1. The summed E-state index contributed by atoms with van der Waals surface area (Å²) in [5.41, 5.74) is 6.15. The van der Waals surface area contributed by atoms with E-state index in [0.29, 0.717) is 11.1 Å². The second-order valence-corrected chi connectivity index (χ2v) is 2.80. The Balaban J connectivity index is 2.68. The molecule has 0 atom stereocenters. The van der Waals surface area contributed by atoms with Gasteiger partial charge in [-0.15, -0.1) is 0 Å². The molecule has 3 nitrogen and oxygen atoms in total. The summed E-state index contributed by atoms with van der Waals surface area (Å²) in [5.74, 6) is -0.274. The first kappa shape index (κ1) is 9.51. The van der Waals surface area contributed by atoms with Gasteiger partial charge in [-0.05, 0) is 24.1 Å². The molecule has 0 aliphatic heterocycles. The fourth-order valence-electron chi connectivity index (χ4n) is 0.936. The number of amides is 2. The molecule has 0 aliphatic rings. The third-order valence-electron chi connectivity index (χ3n) is 1.70. The van der Waals surface area contributed by atoms with Gasteiger partial charge in [0.2, 0.25) is 0 Å². The van der Waals surface area contributed by atoms with Crippen LogP contribution in [0, 0.1) is 12.7 Å². The zero-order valence-corrected chi connectivity index (χ0v) is 7.30. The van der Waals surface area contributed by atoms with Crippen molar-refractivity contribution in [3.63, 3.8) is 0 Å². The zero-order chi connectivity index (χ0) is 9.84. The number of carbonyl (C=O) groups is 1. The maximum atomic E-state index is 13.0. The Bertz CT molecular complexity index is 325. The first-order chi connectivity index (χ1) is 6.09. The normalized spacial score (nSPS) is 9.69. The molecule has 0 fully saturated rings. The van der Waals surface area contributed by atoms with Crippen molar-refractivity contribution in [3.8, 4) is 0 Å². The molecule has 70 valence electrons. The third-order valence-corrected chi connectivity index (χ3v) is 1.70. The number of rotatable bonds is 2. The molecular weight excluding hydrogens is 171 g/mol. The van der Waals surface area contributed by atoms with E-state index in [0.717, 1.165) is 0 Å². The Morgan fingerprint density at radius 3 is 2.85 bits per heavy atom. The lowest BCUT2D eigenvalue weighted by molar-refractivity contribution is 0.248. The van der Waals surface area contributed by atoms with Crippen LogP contribution in [0.25, 0.3) is 0 Å². The Hall–Kier alpha value is -1.58. The van der Waals surface area contributed by atoms with Gasteiger partial charge in [0.25, 0.3) is 0 Å². The predicted molar refractivity (Wildman–Crippen MR) is 47.6 cm³/mol. The van der Waals surface area contributed by atoms with Gasteiger partial charge in [-0.1, -0.05) is 12.1 Å². The summed E-state index contributed by atoms with van der Waals surface area (Å²) in [5, 5.41) is 2.38. The molecule has 3 N–H and O–H groups in total. The van der Waals surface area contributed by atoms with Crippen molar-refractivity contribution in [2.75, 3.05) is 0 Å². The second-order valence-electron chi connectivity index (χ2n) is 2.80. The highest BCUT2D eigenvalue weighted by molar-refractivity contribution is 5.71. The number of urea groups is 1. The van der Waals surface area contributed by atoms with Crippen molar-refractivity contribution in [1.29, 1.82) is 0 Å². The van der Waals surface area contributed by atoms with Crippen LogP contribution in [0.4, 0.5) is 9.18 Å². The van der Waals surface area contributed by atoms with E-state index in [2.05, 4.69) is 5.32 Å². The van der Waals surface area contributed by atoms with E-state index in [1.165, 1.54) is 6.07 Å². The number of primary amides is 1. The SMILES string of the molecule is Cc1ccc(CNC(N)=O)cc1F. The number of aryl methyl sites for hydroxylation is 1. The van der Waals surface area contributed by atoms with Crippen LogP contribution in [0.2, 0.25) is 0 Å². The maximum Gasteiger partial charge on any atom is 0.312 e. The first-order valence-corrected chi connectivity index (χ1v) is 3.88. The number of nitrogens with two attached hydrogens (primary N) is 1. The van der Waals surface area contributed by atoms with Gasteiger partial charge in [0.05, 0.1) is 0 Å². The van der Waals surface area contributed by atoms with Crippen LogP contribution in [0.5, 0.6) is 0 Å². The molecule has 1 aromatic carbocycles. The minimum Gasteiger partial charge on any atom is -0.352 e. The van der Waals surface area contributed by atoms with E-state index in [-0.39, 0.29) is 12.4 Å². The number of hydrogen-bond acceptors (Lipinski definition) is 1. The van der Waals surface area contributed by atoms with Gasteiger partial charge < -0.3 is 11.1 Å². The fourth-order valence-corrected chi connectivity index (χ4v) is 0.936. The molecule has 1 rings (SSSR count). The summed E-state index contributed by atoms with van der Waals surface area (Å²) in [7, 11) is 0. The molecule has 0 unspecified atom stereocenters. The molecular formula is C9H11FN2O. The van der Waals surface area contributed by atoms with Gasteiger partial charge >= 0.3 is 6.03 Å². The quantitative estimate of drug-likeness (QED) is 0.711. The molecule has 0 aliphatic carbocycles.